The van der Waals surface area contributed by atoms with Gasteiger partial charge >= 0.3 is 6.03 Å². The molecule has 0 aliphatic carbocycles. The number of hydrogen-bond acceptors (Lipinski definition) is 3. The highest BCUT2D eigenvalue weighted by molar-refractivity contribution is 5.95. The van der Waals surface area contributed by atoms with E-state index in [0.717, 1.165) is 25.9 Å². The molecule has 0 radical (unpaired) electrons. The van der Waals surface area contributed by atoms with Crippen molar-refractivity contribution in [2.45, 2.75) is 26.2 Å². The third-order valence-corrected chi connectivity index (χ3v) is 3.93. The molecule has 0 bridgehead atoms. The first kappa shape index (κ1) is 15.3. The lowest BCUT2D eigenvalue weighted by Gasteiger charge is -2.26. The number of urea groups is 1. The molecular formula is C16H21N5O2. The fraction of sp³-hybridized carbons (Fsp3) is 0.438. The normalized spacial score (nSPS) is 14.7. The number of carbonyl (C=O) groups excluding carboxylic acids is 2. The molecule has 0 saturated carbocycles. The average molecular weight is 315 g/mol. The van der Waals surface area contributed by atoms with E-state index in [2.05, 4.69) is 15.6 Å². The van der Waals surface area contributed by atoms with Gasteiger partial charge in [0.25, 0.3) is 5.91 Å². The molecule has 1 saturated heterocycles. The number of likely N-dealkylation sites (tertiary alicyclic amines) is 1. The van der Waals surface area contributed by atoms with E-state index in [1.165, 1.54) is 6.42 Å². The summed E-state index contributed by atoms with van der Waals surface area (Å²) in [7, 11) is 0. The number of rotatable bonds is 3. The van der Waals surface area contributed by atoms with Crippen LogP contribution in [-0.4, -0.2) is 45.9 Å². The van der Waals surface area contributed by atoms with Gasteiger partial charge in [-0.3, -0.25) is 10.1 Å². The Morgan fingerprint density at radius 2 is 2.04 bits per heavy atom. The summed E-state index contributed by atoms with van der Waals surface area (Å²) in [4.78, 5) is 30.3. The number of anilines is 1. The summed E-state index contributed by atoms with van der Waals surface area (Å²) < 4.78 is 1.79. The van der Waals surface area contributed by atoms with Gasteiger partial charge in [0.2, 0.25) is 0 Å². The molecule has 23 heavy (non-hydrogen) atoms. The van der Waals surface area contributed by atoms with E-state index >= 15 is 0 Å². The van der Waals surface area contributed by atoms with Crippen molar-refractivity contribution < 1.29 is 9.59 Å². The van der Waals surface area contributed by atoms with Crippen LogP contribution in [0.1, 0.15) is 36.5 Å². The number of nitrogens with one attached hydrogen (secondary N) is 2. The van der Waals surface area contributed by atoms with Gasteiger partial charge in [0, 0.05) is 31.4 Å². The van der Waals surface area contributed by atoms with Gasteiger partial charge in [-0.25, -0.2) is 9.78 Å². The molecule has 0 atom stereocenters. The van der Waals surface area contributed by atoms with Crippen molar-refractivity contribution in [1.29, 1.82) is 0 Å². The van der Waals surface area contributed by atoms with Crippen LogP contribution in [0.5, 0.6) is 0 Å². The minimum absolute atomic E-state index is 0.0495. The molecule has 0 aromatic carbocycles. The summed E-state index contributed by atoms with van der Waals surface area (Å²) in [5, 5.41) is 5.32. The van der Waals surface area contributed by atoms with Gasteiger partial charge < -0.3 is 14.6 Å². The highest BCUT2D eigenvalue weighted by Crippen LogP contribution is 2.16. The number of fused-ring (bicyclic) bond motifs is 1. The summed E-state index contributed by atoms with van der Waals surface area (Å²) in [6.07, 6.45) is 6.84. The quantitative estimate of drug-likeness (QED) is 0.910. The molecule has 2 N–H and O–H groups in total. The van der Waals surface area contributed by atoms with E-state index in [1.54, 1.807) is 28.9 Å². The van der Waals surface area contributed by atoms with Crippen LogP contribution in [0.25, 0.3) is 5.65 Å². The Morgan fingerprint density at radius 1 is 1.26 bits per heavy atom. The first-order valence-electron chi connectivity index (χ1n) is 8.00. The van der Waals surface area contributed by atoms with Crippen LogP contribution in [-0.2, 0) is 0 Å². The van der Waals surface area contributed by atoms with Gasteiger partial charge in [0.05, 0.1) is 6.20 Å². The third-order valence-electron chi connectivity index (χ3n) is 3.93. The number of aromatic nitrogens is 2. The van der Waals surface area contributed by atoms with E-state index in [9.17, 15) is 9.59 Å². The van der Waals surface area contributed by atoms with Crippen LogP contribution in [0.2, 0.25) is 0 Å². The molecule has 0 spiro atoms. The number of pyridine rings is 1. The predicted molar refractivity (Wildman–Crippen MR) is 87.6 cm³/mol. The van der Waals surface area contributed by atoms with Crippen LogP contribution in [0.3, 0.4) is 0 Å². The Hall–Kier alpha value is -2.57. The molecule has 3 amide bonds. The first-order chi connectivity index (χ1) is 11.2. The molecular weight excluding hydrogens is 294 g/mol. The maximum absolute atomic E-state index is 12.5. The lowest BCUT2D eigenvalue weighted by molar-refractivity contribution is 0.0724. The molecule has 3 rings (SSSR count). The van der Waals surface area contributed by atoms with Crippen LogP contribution < -0.4 is 10.6 Å². The molecule has 1 aliphatic rings. The third kappa shape index (κ3) is 3.44. The van der Waals surface area contributed by atoms with Crippen LogP contribution in [0, 0.1) is 0 Å². The monoisotopic (exact) mass is 315 g/mol. The molecule has 0 unspecified atom stereocenters. The molecule has 1 aliphatic heterocycles. The summed E-state index contributed by atoms with van der Waals surface area (Å²) in [5.41, 5.74) is 1.27. The zero-order valence-corrected chi connectivity index (χ0v) is 13.2. The summed E-state index contributed by atoms with van der Waals surface area (Å²) in [6, 6.07) is 3.27. The van der Waals surface area contributed by atoms with Crippen molar-refractivity contribution in [2.24, 2.45) is 0 Å². The molecule has 1 fully saturated rings. The Balaban J connectivity index is 1.78. The van der Waals surface area contributed by atoms with Crippen molar-refractivity contribution >= 4 is 23.4 Å². The zero-order chi connectivity index (χ0) is 16.2. The summed E-state index contributed by atoms with van der Waals surface area (Å²) >= 11 is 0. The van der Waals surface area contributed by atoms with Crippen molar-refractivity contribution in [3.05, 3.63) is 30.1 Å². The van der Waals surface area contributed by atoms with E-state index in [1.807, 2.05) is 11.8 Å². The maximum Gasteiger partial charge on any atom is 0.320 e. The van der Waals surface area contributed by atoms with Gasteiger partial charge in [-0.05, 0) is 38.3 Å². The standard InChI is InChI=1S/C16H21N5O2/c1-2-17-16(23)19-13-11-21-9-6-12(10-14(21)18-13)15(22)20-7-4-3-5-8-20/h6,9-11H,2-5,7-8H2,1H3,(H2,17,19,23). The topological polar surface area (TPSA) is 78.7 Å². The fourth-order valence-electron chi connectivity index (χ4n) is 2.78. The van der Waals surface area contributed by atoms with Crippen molar-refractivity contribution in [2.75, 3.05) is 25.0 Å². The molecule has 3 heterocycles. The van der Waals surface area contributed by atoms with Gasteiger partial charge in [-0.15, -0.1) is 0 Å². The van der Waals surface area contributed by atoms with Gasteiger partial charge in [0.1, 0.15) is 5.65 Å². The molecule has 2 aromatic heterocycles. The Labute approximate surface area is 134 Å². The highest BCUT2D eigenvalue weighted by atomic mass is 16.2. The predicted octanol–water partition coefficient (Wildman–Crippen LogP) is 2.10. The minimum Gasteiger partial charge on any atom is -0.339 e. The lowest BCUT2D eigenvalue weighted by Crippen LogP contribution is -2.35. The Morgan fingerprint density at radius 3 is 2.78 bits per heavy atom. The number of hydrogen-bond donors (Lipinski definition) is 2. The van der Waals surface area contributed by atoms with Crippen LogP contribution >= 0.6 is 0 Å². The number of carbonyl (C=O) groups is 2. The number of imidazole rings is 1. The van der Waals surface area contributed by atoms with Crippen LogP contribution in [0.15, 0.2) is 24.5 Å². The zero-order valence-electron chi connectivity index (χ0n) is 13.2. The lowest BCUT2D eigenvalue weighted by atomic mass is 10.1. The summed E-state index contributed by atoms with van der Waals surface area (Å²) in [6.45, 7) is 4.04. The molecule has 7 heteroatoms. The second-order valence-electron chi connectivity index (χ2n) is 5.64. The number of nitrogens with zero attached hydrogens (tertiary/aromatic N) is 3. The number of amides is 3. The van der Waals surface area contributed by atoms with E-state index < -0.39 is 0 Å². The van der Waals surface area contributed by atoms with Crippen molar-refractivity contribution in [1.82, 2.24) is 19.6 Å². The smallest absolute Gasteiger partial charge is 0.320 e. The molecule has 2 aromatic rings. The Kier molecular flexibility index (Phi) is 4.45. The van der Waals surface area contributed by atoms with E-state index in [0.29, 0.717) is 23.6 Å². The second kappa shape index (κ2) is 6.68. The van der Waals surface area contributed by atoms with Gasteiger partial charge in [-0.2, -0.15) is 0 Å². The minimum atomic E-state index is -0.291. The largest absolute Gasteiger partial charge is 0.339 e. The van der Waals surface area contributed by atoms with Gasteiger partial charge in [-0.1, -0.05) is 0 Å². The highest BCUT2D eigenvalue weighted by Gasteiger charge is 2.18. The van der Waals surface area contributed by atoms with Crippen LogP contribution in [0.4, 0.5) is 10.6 Å². The SMILES string of the molecule is CCNC(=O)Nc1cn2ccc(C(=O)N3CCCCC3)cc2n1. The van der Waals surface area contributed by atoms with Gasteiger partial charge in [0.15, 0.2) is 5.82 Å². The number of piperidine rings is 1. The molecule has 7 nitrogen and oxygen atoms in total. The average Bonchev–Trinajstić information content (AvgIpc) is 2.96. The van der Waals surface area contributed by atoms with E-state index in [4.69, 9.17) is 0 Å². The molecule has 122 valence electrons. The summed E-state index contributed by atoms with van der Waals surface area (Å²) in [5.74, 6) is 0.506. The van der Waals surface area contributed by atoms with Crippen molar-refractivity contribution in [3.8, 4) is 0 Å². The van der Waals surface area contributed by atoms with Crippen molar-refractivity contribution in [3.63, 3.8) is 0 Å². The first-order valence-corrected chi connectivity index (χ1v) is 8.00. The Bertz CT molecular complexity index is 718. The van der Waals surface area contributed by atoms with E-state index in [-0.39, 0.29) is 11.9 Å². The second-order valence-corrected chi connectivity index (χ2v) is 5.64. The fourth-order valence-corrected chi connectivity index (χ4v) is 2.78. The maximum atomic E-state index is 12.5.